The van der Waals surface area contributed by atoms with E-state index in [1.165, 1.54) is 6.33 Å². The van der Waals surface area contributed by atoms with Crippen LogP contribution in [0.3, 0.4) is 0 Å². The van der Waals surface area contributed by atoms with Gasteiger partial charge in [-0.15, -0.1) is 0 Å². The Bertz CT molecular complexity index is 685. The second-order valence-electron chi connectivity index (χ2n) is 4.95. The summed E-state index contributed by atoms with van der Waals surface area (Å²) in [4.78, 5) is 37.9. The Labute approximate surface area is 114 Å². The number of amides is 1. The van der Waals surface area contributed by atoms with Gasteiger partial charge in [-0.3, -0.25) is 9.59 Å². The minimum Gasteiger partial charge on any atom is -0.347 e. The molecular weight excluding hydrogens is 258 g/mol. The number of aromatic amines is 2. The molecule has 0 aromatic carbocycles. The van der Waals surface area contributed by atoms with Crippen LogP contribution in [0.5, 0.6) is 0 Å². The van der Waals surface area contributed by atoms with Crippen molar-refractivity contribution in [1.82, 2.24) is 25.3 Å². The number of aryl methyl sites for hydroxylation is 1. The third-order valence-electron chi connectivity index (χ3n) is 3.30. The largest absolute Gasteiger partial charge is 0.347 e. The average molecular weight is 273 g/mol. The van der Waals surface area contributed by atoms with E-state index in [1.54, 1.807) is 13.1 Å². The van der Waals surface area contributed by atoms with Gasteiger partial charge in [-0.2, -0.15) is 0 Å². The molecule has 2 aromatic heterocycles. The van der Waals surface area contributed by atoms with Crippen LogP contribution in [-0.2, 0) is 6.54 Å². The Balaban J connectivity index is 1.78. The lowest BCUT2D eigenvalue weighted by Crippen LogP contribution is -2.31. The number of rotatable bonds is 4. The minimum atomic E-state index is -0.423. The number of nitrogens with one attached hydrogen (secondary N) is 3. The van der Waals surface area contributed by atoms with Crippen molar-refractivity contribution in [2.24, 2.45) is 0 Å². The van der Waals surface area contributed by atoms with Crippen LogP contribution in [0.1, 0.15) is 46.3 Å². The lowest BCUT2D eigenvalue weighted by Gasteiger charge is -2.07. The summed E-state index contributed by atoms with van der Waals surface area (Å²) in [7, 11) is 0. The second-order valence-corrected chi connectivity index (χ2v) is 4.95. The van der Waals surface area contributed by atoms with Crippen molar-refractivity contribution < 1.29 is 4.79 Å². The van der Waals surface area contributed by atoms with Gasteiger partial charge in [-0.25, -0.2) is 9.97 Å². The number of H-pyrrole nitrogens is 2. The fourth-order valence-corrected chi connectivity index (χ4v) is 2.07. The molecule has 0 spiro atoms. The predicted molar refractivity (Wildman–Crippen MR) is 71.3 cm³/mol. The molecule has 7 nitrogen and oxygen atoms in total. The smallest absolute Gasteiger partial charge is 0.264 e. The molecule has 1 saturated carbocycles. The van der Waals surface area contributed by atoms with Crippen molar-refractivity contribution in [3.05, 3.63) is 45.7 Å². The van der Waals surface area contributed by atoms with Gasteiger partial charge in [0.15, 0.2) is 0 Å². The molecule has 3 rings (SSSR count). The number of carbonyl (C=O) groups excluding carboxylic acids is 1. The number of carbonyl (C=O) groups is 1. The Hall–Kier alpha value is -2.44. The van der Waals surface area contributed by atoms with Crippen molar-refractivity contribution in [2.75, 3.05) is 0 Å². The van der Waals surface area contributed by atoms with Gasteiger partial charge in [0.05, 0.1) is 24.3 Å². The summed E-state index contributed by atoms with van der Waals surface area (Å²) in [5, 5.41) is 2.68. The first-order chi connectivity index (χ1) is 9.65. The zero-order chi connectivity index (χ0) is 14.1. The predicted octanol–water partition coefficient (Wildman–Crippen LogP) is 0.609. The van der Waals surface area contributed by atoms with Crippen LogP contribution in [0.15, 0.2) is 17.3 Å². The molecule has 0 aliphatic heterocycles. The van der Waals surface area contributed by atoms with E-state index in [0.717, 1.165) is 18.5 Å². The van der Waals surface area contributed by atoms with Crippen molar-refractivity contribution in [1.29, 1.82) is 0 Å². The number of imidazole rings is 1. The van der Waals surface area contributed by atoms with Crippen molar-refractivity contribution >= 4 is 5.91 Å². The highest BCUT2D eigenvalue weighted by Crippen LogP contribution is 2.37. The minimum absolute atomic E-state index is 0.0777. The average Bonchev–Trinajstić information content (AvgIpc) is 3.13. The van der Waals surface area contributed by atoms with Crippen LogP contribution in [0, 0.1) is 6.92 Å². The Morgan fingerprint density at radius 1 is 1.50 bits per heavy atom. The quantitative estimate of drug-likeness (QED) is 0.759. The summed E-state index contributed by atoms with van der Waals surface area (Å²) < 4.78 is 0. The Morgan fingerprint density at radius 2 is 2.30 bits per heavy atom. The van der Waals surface area contributed by atoms with Gasteiger partial charge < -0.3 is 15.3 Å². The first kappa shape index (κ1) is 12.6. The molecule has 2 heterocycles. The van der Waals surface area contributed by atoms with E-state index in [-0.39, 0.29) is 11.1 Å². The molecule has 0 saturated heterocycles. The summed E-state index contributed by atoms with van der Waals surface area (Å²) in [6, 6.07) is 0. The zero-order valence-electron chi connectivity index (χ0n) is 11.1. The van der Waals surface area contributed by atoms with E-state index in [4.69, 9.17) is 0 Å². The lowest BCUT2D eigenvalue weighted by atomic mass is 10.2. The van der Waals surface area contributed by atoms with Crippen LogP contribution in [0.4, 0.5) is 0 Å². The fraction of sp³-hybridized carbons (Fsp3) is 0.385. The maximum atomic E-state index is 12.1. The summed E-state index contributed by atoms with van der Waals surface area (Å²) in [6.45, 7) is 1.98. The standard InChI is InChI=1S/C13H15N5O2/c1-7-10(12(19)15-5-9-4-14-6-16-9)13(20)18-11(17-7)8-2-3-8/h4,6,8H,2-3,5H2,1H3,(H,14,16)(H,15,19)(H,17,18,20). The fourth-order valence-electron chi connectivity index (χ4n) is 2.07. The molecule has 2 aromatic rings. The number of nitrogens with zero attached hydrogens (tertiary/aromatic N) is 2. The van der Waals surface area contributed by atoms with E-state index < -0.39 is 5.91 Å². The summed E-state index contributed by atoms with van der Waals surface area (Å²) in [5.74, 6) is 0.620. The maximum absolute atomic E-state index is 12.1. The Morgan fingerprint density at radius 3 is 2.90 bits per heavy atom. The maximum Gasteiger partial charge on any atom is 0.264 e. The van der Waals surface area contributed by atoms with Gasteiger partial charge in [0.25, 0.3) is 11.5 Å². The molecule has 1 aliphatic rings. The summed E-state index contributed by atoms with van der Waals surface area (Å²) in [5.41, 5.74) is 0.947. The summed E-state index contributed by atoms with van der Waals surface area (Å²) in [6.07, 6.45) is 5.25. The molecule has 0 radical (unpaired) electrons. The van der Waals surface area contributed by atoms with Crippen molar-refractivity contribution in [3.8, 4) is 0 Å². The summed E-state index contributed by atoms with van der Waals surface area (Å²) >= 11 is 0. The van der Waals surface area contributed by atoms with Gasteiger partial charge in [0.2, 0.25) is 0 Å². The molecule has 3 N–H and O–H groups in total. The van der Waals surface area contributed by atoms with E-state index in [0.29, 0.717) is 24.0 Å². The van der Waals surface area contributed by atoms with Gasteiger partial charge in [-0.1, -0.05) is 0 Å². The highest BCUT2D eigenvalue weighted by atomic mass is 16.2. The molecule has 7 heteroatoms. The van der Waals surface area contributed by atoms with Crippen LogP contribution < -0.4 is 10.9 Å². The van der Waals surface area contributed by atoms with E-state index in [9.17, 15) is 9.59 Å². The van der Waals surface area contributed by atoms with Crippen molar-refractivity contribution in [2.45, 2.75) is 32.2 Å². The number of aromatic nitrogens is 4. The number of hydrogen-bond donors (Lipinski definition) is 3. The molecule has 0 atom stereocenters. The zero-order valence-corrected chi connectivity index (χ0v) is 11.1. The second kappa shape index (κ2) is 4.92. The number of hydrogen-bond acceptors (Lipinski definition) is 4. The third-order valence-corrected chi connectivity index (χ3v) is 3.30. The molecule has 0 bridgehead atoms. The highest BCUT2D eigenvalue weighted by Gasteiger charge is 2.27. The molecular formula is C13H15N5O2. The molecule has 0 unspecified atom stereocenters. The Kier molecular flexibility index (Phi) is 3.09. The lowest BCUT2D eigenvalue weighted by molar-refractivity contribution is 0.0947. The van der Waals surface area contributed by atoms with Gasteiger partial charge in [0.1, 0.15) is 11.4 Å². The van der Waals surface area contributed by atoms with Crippen LogP contribution in [-0.4, -0.2) is 25.8 Å². The van der Waals surface area contributed by atoms with Crippen molar-refractivity contribution in [3.63, 3.8) is 0 Å². The van der Waals surface area contributed by atoms with E-state index in [1.807, 2.05) is 0 Å². The SMILES string of the molecule is Cc1nc(C2CC2)[nH]c(=O)c1C(=O)NCc1cnc[nH]1. The molecule has 1 aliphatic carbocycles. The molecule has 20 heavy (non-hydrogen) atoms. The topological polar surface area (TPSA) is 104 Å². The van der Waals surface area contributed by atoms with Gasteiger partial charge >= 0.3 is 0 Å². The van der Waals surface area contributed by atoms with E-state index in [2.05, 4.69) is 25.3 Å². The normalized spacial score (nSPS) is 14.2. The van der Waals surface area contributed by atoms with Crippen LogP contribution >= 0.6 is 0 Å². The molecule has 1 amide bonds. The van der Waals surface area contributed by atoms with Crippen LogP contribution in [0.2, 0.25) is 0 Å². The van der Waals surface area contributed by atoms with Gasteiger partial charge in [0, 0.05) is 12.1 Å². The van der Waals surface area contributed by atoms with Crippen LogP contribution in [0.25, 0.3) is 0 Å². The molecule has 104 valence electrons. The first-order valence-electron chi connectivity index (χ1n) is 6.51. The highest BCUT2D eigenvalue weighted by molar-refractivity contribution is 5.94. The third kappa shape index (κ3) is 2.47. The monoisotopic (exact) mass is 273 g/mol. The van der Waals surface area contributed by atoms with Gasteiger partial charge in [-0.05, 0) is 19.8 Å². The van der Waals surface area contributed by atoms with E-state index >= 15 is 0 Å². The first-order valence-corrected chi connectivity index (χ1v) is 6.51. The molecule has 1 fully saturated rings.